The summed E-state index contributed by atoms with van der Waals surface area (Å²) in [4.78, 5) is 17.4. The first-order chi connectivity index (χ1) is 14.4. The van der Waals surface area contributed by atoms with Crippen LogP contribution in [-0.4, -0.2) is 30.1 Å². The molecule has 0 saturated heterocycles. The number of nitrogens with one attached hydrogen (secondary N) is 1. The SMILES string of the molecule is CCCN1CCCc2cc(CN(C(=O)Nc3ccc(Cl)c(Cl)c3)[C@H](C)CC)ccc21. The Bertz CT molecular complexity index is 887. The van der Waals surface area contributed by atoms with E-state index in [-0.39, 0.29) is 12.1 Å². The van der Waals surface area contributed by atoms with Crippen LogP contribution in [0.1, 0.15) is 51.2 Å². The van der Waals surface area contributed by atoms with Crippen molar-refractivity contribution in [3.8, 4) is 0 Å². The minimum absolute atomic E-state index is 0.111. The molecule has 1 N–H and O–H groups in total. The number of carbonyl (C=O) groups excluding carboxylic acids is 1. The fourth-order valence-corrected chi connectivity index (χ4v) is 4.24. The molecule has 0 aromatic heterocycles. The van der Waals surface area contributed by atoms with Gasteiger partial charge < -0.3 is 15.1 Å². The molecule has 2 aromatic carbocycles. The zero-order chi connectivity index (χ0) is 21.7. The highest BCUT2D eigenvalue weighted by atomic mass is 35.5. The van der Waals surface area contributed by atoms with Gasteiger partial charge in [0, 0.05) is 37.1 Å². The number of rotatable bonds is 7. The van der Waals surface area contributed by atoms with Gasteiger partial charge in [0.05, 0.1) is 10.0 Å². The van der Waals surface area contributed by atoms with E-state index in [2.05, 4.69) is 49.2 Å². The third kappa shape index (κ3) is 5.41. The zero-order valence-corrected chi connectivity index (χ0v) is 19.6. The number of aryl methyl sites for hydroxylation is 1. The lowest BCUT2D eigenvalue weighted by Crippen LogP contribution is -2.40. The largest absolute Gasteiger partial charge is 0.371 e. The van der Waals surface area contributed by atoms with Gasteiger partial charge in [0.2, 0.25) is 0 Å². The van der Waals surface area contributed by atoms with E-state index < -0.39 is 0 Å². The molecule has 30 heavy (non-hydrogen) atoms. The number of fused-ring (bicyclic) bond motifs is 1. The number of carbonyl (C=O) groups is 1. The second-order valence-electron chi connectivity index (χ2n) is 8.00. The lowest BCUT2D eigenvalue weighted by Gasteiger charge is -2.32. The predicted molar refractivity (Wildman–Crippen MR) is 128 cm³/mol. The van der Waals surface area contributed by atoms with Crippen LogP contribution in [0, 0.1) is 0 Å². The zero-order valence-electron chi connectivity index (χ0n) is 18.0. The van der Waals surface area contributed by atoms with Gasteiger partial charge in [-0.3, -0.25) is 0 Å². The third-order valence-corrected chi connectivity index (χ3v) is 6.50. The molecule has 2 aromatic rings. The number of hydrogen-bond acceptors (Lipinski definition) is 2. The second-order valence-corrected chi connectivity index (χ2v) is 8.81. The third-order valence-electron chi connectivity index (χ3n) is 5.76. The van der Waals surface area contributed by atoms with E-state index in [0.29, 0.717) is 22.3 Å². The first-order valence-corrected chi connectivity index (χ1v) is 11.6. The average molecular weight is 448 g/mol. The number of hydrogen-bond donors (Lipinski definition) is 1. The van der Waals surface area contributed by atoms with Crippen LogP contribution in [0.15, 0.2) is 36.4 Å². The molecule has 0 fully saturated rings. The van der Waals surface area contributed by atoms with Crippen LogP contribution in [0.25, 0.3) is 0 Å². The number of anilines is 2. The molecule has 2 amide bonds. The van der Waals surface area contributed by atoms with Crippen LogP contribution in [0.5, 0.6) is 0 Å². The number of halogens is 2. The summed E-state index contributed by atoms with van der Waals surface area (Å²) >= 11 is 12.1. The molecule has 162 valence electrons. The highest BCUT2D eigenvalue weighted by molar-refractivity contribution is 6.42. The van der Waals surface area contributed by atoms with Crippen LogP contribution < -0.4 is 10.2 Å². The van der Waals surface area contributed by atoms with Crippen molar-refractivity contribution in [1.82, 2.24) is 4.90 Å². The number of benzene rings is 2. The molecule has 1 aliphatic heterocycles. The highest BCUT2D eigenvalue weighted by Crippen LogP contribution is 2.29. The smallest absolute Gasteiger partial charge is 0.322 e. The fourth-order valence-electron chi connectivity index (χ4n) is 3.94. The van der Waals surface area contributed by atoms with Gasteiger partial charge in [0.25, 0.3) is 0 Å². The number of urea groups is 1. The van der Waals surface area contributed by atoms with Crippen LogP contribution in [-0.2, 0) is 13.0 Å². The van der Waals surface area contributed by atoms with Crippen molar-refractivity contribution in [1.29, 1.82) is 0 Å². The van der Waals surface area contributed by atoms with E-state index in [0.717, 1.165) is 37.9 Å². The minimum Gasteiger partial charge on any atom is -0.371 e. The molecule has 0 unspecified atom stereocenters. The molecule has 0 aliphatic carbocycles. The monoisotopic (exact) mass is 447 g/mol. The van der Waals surface area contributed by atoms with E-state index in [1.165, 1.54) is 17.7 Å². The van der Waals surface area contributed by atoms with E-state index >= 15 is 0 Å². The standard InChI is InChI=1S/C24H31Cl2N3O/c1-4-12-28-13-6-7-19-14-18(8-11-23(19)28)16-29(17(3)5-2)24(30)27-20-9-10-21(25)22(26)15-20/h8-11,14-15,17H,4-7,12-13,16H2,1-3H3,(H,27,30)/t17-/m1/s1. The van der Waals surface area contributed by atoms with Crippen molar-refractivity contribution in [3.05, 3.63) is 57.6 Å². The minimum atomic E-state index is -0.131. The molecule has 0 radical (unpaired) electrons. The quantitative estimate of drug-likeness (QED) is 0.496. The van der Waals surface area contributed by atoms with Crippen LogP contribution in [0.4, 0.5) is 16.2 Å². The Morgan fingerprint density at radius 2 is 1.97 bits per heavy atom. The summed E-state index contributed by atoms with van der Waals surface area (Å²) in [6.07, 6.45) is 4.31. The first-order valence-electron chi connectivity index (χ1n) is 10.8. The maximum atomic E-state index is 13.1. The van der Waals surface area contributed by atoms with E-state index in [1.807, 2.05) is 4.90 Å². The number of amides is 2. The summed E-state index contributed by atoms with van der Waals surface area (Å²) in [5.74, 6) is 0. The molecule has 1 heterocycles. The summed E-state index contributed by atoms with van der Waals surface area (Å²) in [6, 6.07) is 11.8. The Morgan fingerprint density at radius 3 is 2.67 bits per heavy atom. The maximum absolute atomic E-state index is 13.1. The summed E-state index contributed by atoms with van der Waals surface area (Å²) in [5.41, 5.74) is 4.54. The summed E-state index contributed by atoms with van der Waals surface area (Å²) in [7, 11) is 0. The molecule has 0 saturated carbocycles. The Balaban J connectivity index is 1.77. The molecule has 0 bridgehead atoms. The first kappa shape index (κ1) is 22.8. The van der Waals surface area contributed by atoms with Gasteiger partial charge in [-0.1, -0.05) is 49.2 Å². The Hall–Kier alpha value is -1.91. The lowest BCUT2D eigenvalue weighted by atomic mass is 9.98. The molecular formula is C24H31Cl2N3O. The van der Waals surface area contributed by atoms with Gasteiger partial charge in [0.1, 0.15) is 0 Å². The average Bonchev–Trinajstić information content (AvgIpc) is 2.74. The Labute approximate surface area is 190 Å². The summed E-state index contributed by atoms with van der Waals surface area (Å²) in [5, 5.41) is 3.87. The van der Waals surface area contributed by atoms with Crippen molar-refractivity contribution in [3.63, 3.8) is 0 Å². The fraction of sp³-hybridized carbons (Fsp3) is 0.458. The topological polar surface area (TPSA) is 35.6 Å². The lowest BCUT2D eigenvalue weighted by molar-refractivity contribution is 0.187. The molecular weight excluding hydrogens is 417 g/mol. The van der Waals surface area contributed by atoms with Crippen LogP contribution in [0.2, 0.25) is 10.0 Å². The molecule has 1 aliphatic rings. The van der Waals surface area contributed by atoms with Gasteiger partial charge in [-0.25, -0.2) is 4.79 Å². The van der Waals surface area contributed by atoms with Gasteiger partial charge in [-0.2, -0.15) is 0 Å². The van der Waals surface area contributed by atoms with Gasteiger partial charge in [-0.05, 0) is 68.0 Å². The van der Waals surface area contributed by atoms with Gasteiger partial charge >= 0.3 is 6.03 Å². The van der Waals surface area contributed by atoms with E-state index in [1.54, 1.807) is 18.2 Å². The second kappa shape index (κ2) is 10.4. The number of nitrogens with zero attached hydrogens (tertiary/aromatic N) is 2. The predicted octanol–water partition coefficient (Wildman–Crippen LogP) is 6.99. The van der Waals surface area contributed by atoms with Crippen molar-refractivity contribution in [2.75, 3.05) is 23.3 Å². The van der Waals surface area contributed by atoms with Crippen molar-refractivity contribution < 1.29 is 4.79 Å². The highest BCUT2D eigenvalue weighted by Gasteiger charge is 2.22. The van der Waals surface area contributed by atoms with Crippen LogP contribution >= 0.6 is 23.2 Å². The maximum Gasteiger partial charge on any atom is 0.322 e. The summed E-state index contributed by atoms with van der Waals surface area (Å²) in [6.45, 7) is 9.19. The Kier molecular flexibility index (Phi) is 7.90. The van der Waals surface area contributed by atoms with E-state index in [4.69, 9.17) is 23.2 Å². The Morgan fingerprint density at radius 1 is 1.17 bits per heavy atom. The molecule has 1 atom stereocenters. The van der Waals surface area contributed by atoms with Crippen molar-refractivity contribution >= 4 is 40.6 Å². The molecule has 3 rings (SSSR count). The van der Waals surface area contributed by atoms with Gasteiger partial charge in [0.15, 0.2) is 0 Å². The normalized spacial score (nSPS) is 14.2. The van der Waals surface area contributed by atoms with Gasteiger partial charge in [-0.15, -0.1) is 0 Å². The molecule has 0 spiro atoms. The van der Waals surface area contributed by atoms with Crippen molar-refractivity contribution in [2.24, 2.45) is 0 Å². The van der Waals surface area contributed by atoms with Crippen LogP contribution in [0.3, 0.4) is 0 Å². The molecule has 4 nitrogen and oxygen atoms in total. The van der Waals surface area contributed by atoms with Crippen molar-refractivity contribution in [2.45, 2.75) is 59.0 Å². The van der Waals surface area contributed by atoms with E-state index in [9.17, 15) is 4.79 Å². The summed E-state index contributed by atoms with van der Waals surface area (Å²) < 4.78 is 0. The molecule has 6 heteroatoms.